The fourth-order valence-electron chi connectivity index (χ4n) is 1.54. The quantitative estimate of drug-likeness (QED) is 0.615. The van der Waals surface area contributed by atoms with Crippen LogP contribution in [0.5, 0.6) is 0 Å². The Morgan fingerprint density at radius 1 is 1.65 bits per heavy atom. The first-order chi connectivity index (χ1) is 7.78. The van der Waals surface area contributed by atoms with Gasteiger partial charge in [0, 0.05) is 12.6 Å². The summed E-state index contributed by atoms with van der Waals surface area (Å²) in [6.45, 7) is 6.32. The SMILES string of the molecule is CC(C)(C)CC(O)CNC(=O)c1cc(N)n[nH]1. The molecule has 1 amide bonds. The molecule has 0 fully saturated rings. The molecule has 1 rings (SSSR count). The summed E-state index contributed by atoms with van der Waals surface area (Å²) in [6, 6.07) is 1.45. The number of aromatic nitrogens is 2. The maximum atomic E-state index is 11.6. The number of carbonyl (C=O) groups is 1. The number of nitrogens with two attached hydrogens (primary N) is 1. The van der Waals surface area contributed by atoms with Crippen LogP contribution in [-0.2, 0) is 0 Å². The Bertz CT molecular complexity index is 381. The third-order valence-electron chi connectivity index (χ3n) is 2.19. The lowest BCUT2D eigenvalue weighted by atomic mass is 9.89. The highest BCUT2D eigenvalue weighted by atomic mass is 16.3. The summed E-state index contributed by atoms with van der Waals surface area (Å²) >= 11 is 0. The summed E-state index contributed by atoms with van der Waals surface area (Å²) in [4.78, 5) is 11.6. The maximum absolute atomic E-state index is 11.6. The smallest absolute Gasteiger partial charge is 0.269 e. The van der Waals surface area contributed by atoms with E-state index in [1.54, 1.807) is 0 Å². The van der Waals surface area contributed by atoms with Gasteiger partial charge in [0.25, 0.3) is 5.91 Å². The number of aliphatic hydroxyl groups excluding tert-OH is 1. The van der Waals surface area contributed by atoms with Crippen LogP contribution in [0.25, 0.3) is 0 Å². The molecule has 1 aromatic rings. The fourth-order valence-corrected chi connectivity index (χ4v) is 1.54. The minimum absolute atomic E-state index is 0.0303. The van der Waals surface area contributed by atoms with Gasteiger partial charge >= 0.3 is 0 Å². The minimum Gasteiger partial charge on any atom is -0.391 e. The molecule has 0 aromatic carbocycles. The molecule has 5 N–H and O–H groups in total. The van der Waals surface area contributed by atoms with Gasteiger partial charge in [0.15, 0.2) is 0 Å². The van der Waals surface area contributed by atoms with Gasteiger partial charge < -0.3 is 16.2 Å². The number of nitrogen functional groups attached to an aromatic ring is 1. The van der Waals surface area contributed by atoms with Crippen molar-refractivity contribution in [3.8, 4) is 0 Å². The molecular weight excluding hydrogens is 220 g/mol. The van der Waals surface area contributed by atoms with Crippen molar-refractivity contribution < 1.29 is 9.90 Å². The first kappa shape index (κ1) is 13.5. The monoisotopic (exact) mass is 240 g/mol. The second-order valence-electron chi connectivity index (χ2n) is 5.34. The van der Waals surface area contributed by atoms with Gasteiger partial charge in [-0.1, -0.05) is 20.8 Å². The number of anilines is 1. The van der Waals surface area contributed by atoms with E-state index in [0.29, 0.717) is 12.1 Å². The van der Waals surface area contributed by atoms with Crippen molar-refractivity contribution in [3.63, 3.8) is 0 Å². The molecule has 17 heavy (non-hydrogen) atoms. The number of hydrogen-bond acceptors (Lipinski definition) is 4. The molecule has 6 heteroatoms. The summed E-state index contributed by atoms with van der Waals surface area (Å²) < 4.78 is 0. The van der Waals surface area contributed by atoms with Crippen LogP contribution in [0, 0.1) is 5.41 Å². The molecular formula is C11H20N4O2. The molecule has 0 aliphatic heterocycles. The van der Waals surface area contributed by atoms with Crippen molar-refractivity contribution in [2.24, 2.45) is 5.41 Å². The van der Waals surface area contributed by atoms with Crippen LogP contribution < -0.4 is 11.1 Å². The normalized spacial score (nSPS) is 13.4. The Kier molecular flexibility index (Phi) is 4.11. The highest BCUT2D eigenvalue weighted by Crippen LogP contribution is 2.20. The molecule has 0 aliphatic rings. The molecule has 0 radical (unpaired) electrons. The molecule has 0 bridgehead atoms. The van der Waals surface area contributed by atoms with E-state index in [0.717, 1.165) is 0 Å². The highest BCUT2D eigenvalue weighted by molar-refractivity contribution is 5.92. The third-order valence-corrected chi connectivity index (χ3v) is 2.19. The summed E-state index contributed by atoms with van der Waals surface area (Å²) in [6.07, 6.45) is 0.0671. The van der Waals surface area contributed by atoms with E-state index in [4.69, 9.17) is 5.73 Å². The number of H-pyrrole nitrogens is 1. The molecule has 0 saturated carbocycles. The lowest BCUT2D eigenvalue weighted by Gasteiger charge is -2.22. The van der Waals surface area contributed by atoms with Crippen LogP contribution >= 0.6 is 0 Å². The fraction of sp³-hybridized carbons (Fsp3) is 0.636. The predicted octanol–water partition coefficient (Wildman–Crippen LogP) is 0.519. The van der Waals surface area contributed by atoms with Crippen molar-refractivity contribution in [1.82, 2.24) is 15.5 Å². The Morgan fingerprint density at radius 2 is 2.29 bits per heavy atom. The van der Waals surface area contributed by atoms with E-state index in [-0.39, 0.29) is 23.7 Å². The number of amides is 1. The topological polar surface area (TPSA) is 104 Å². The first-order valence-corrected chi connectivity index (χ1v) is 5.55. The average Bonchev–Trinajstić information content (AvgIpc) is 2.58. The van der Waals surface area contributed by atoms with Gasteiger partial charge in [-0.3, -0.25) is 9.89 Å². The minimum atomic E-state index is -0.556. The zero-order chi connectivity index (χ0) is 13.1. The maximum Gasteiger partial charge on any atom is 0.269 e. The number of carbonyl (C=O) groups excluding carboxylic acids is 1. The number of aliphatic hydroxyl groups is 1. The van der Waals surface area contributed by atoms with Gasteiger partial charge in [0.1, 0.15) is 11.5 Å². The van der Waals surface area contributed by atoms with Crippen molar-refractivity contribution in [1.29, 1.82) is 0 Å². The second-order valence-corrected chi connectivity index (χ2v) is 5.34. The first-order valence-electron chi connectivity index (χ1n) is 5.55. The van der Waals surface area contributed by atoms with E-state index in [1.165, 1.54) is 6.07 Å². The number of rotatable bonds is 4. The number of aromatic amines is 1. The average molecular weight is 240 g/mol. The van der Waals surface area contributed by atoms with Crippen LogP contribution in [0.1, 0.15) is 37.7 Å². The van der Waals surface area contributed by atoms with E-state index in [9.17, 15) is 9.90 Å². The number of nitrogens with zero attached hydrogens (tertiary/aromatic N) is 1. The van der Waals surface area contributed by atoms with E-state index >= 15 is 0 Å². The van der Waals surface area contributed by atoms with Crippen molar-refractivity contribution in [2.45, 2.75) is 33.3 Å². The molecule has 1 heterocycles. The second kappa shape index (κ2) is 5.18. The van der Waals surface area contributed by atoms with E-state index < -0.39 is 6.10 Å². The van der Waals surface area contributed by atoms with Gasteiger partial charge in [-0.2, -0.15) is 5.10 Å². The van der Waals surface area contributed by atoms with Crippen molar-refractivity contribution in [3.05, 3.63) is 11.8 Å². The van der Waals surface area contributed by atoms with Gasteiger partial charge in [-0.05, 0) is 11.8 Å². The highest BCUT2D eigenvalue weighted by Gasteiger charge is 2.17. The Morgan fingerprint density at radius 3 is 2.76 bits per heavy atom. The molecule has 96 valence electrons. The summed E-state index contributed by atoms with van der Waals surface area (Å²) in [5, 5.41) is 18.5. The van der Waals surface area contributed by atoms with Crippen LogP contribution in [0.4, 0.5) is 5.82 Å². The van der Waals surface area contributed by atoms with Gasteiger partial charge in [-0.25, -0.2) is 0 Å². The van der Waals surface area contributed by atoms with E-state index in [1.807, 2.05) is 20.8 Å². The molecule has 0 saturated heterocycles. The molecule has 0 aliphatic carbocycles. The van der Waals surface area contributed by atoms with Crippen molar-refractivity contribution in [2.75, 3.05) is 12.3 Å². The summed E-state index contributed by atoms with van der Waals surface area (Å²) in [5.41, 5.74) is 5.71. The largest absolute Gasteiger partial charge is 0.391 e. The molecule has 1 atom stereocenters. The van der Waals surface area contributed by atoms with Gasteiger partial charge in [0.05, 0.1) is 6.10 Å². The van der Waals surface area contributed by atoms with E-state index in [2.05, 4.69) is 15.5 Å². The Labute approximate surface area is 101 Å². The zero-order valence-corrected chi connectivity index (χ0v) is 10.4. The summed E-state index contributed by atoms with van der Waals surface area (Å²) in [5.74, 6) is -0.0486. The number of hydrogen-bond donors (Lipinski definition) is 4. The standard InChI is InChI=1S/C11H20N4O2/c1-11(2,3)5-7(16)6-13-10(17)8-4-9(12)15-14-8/h4,7,16H,5-6H2,1-3H3,(H,13,17)(H3,12,14,15). The lowest BCUT2D eigenvalue weighted by molar-refractivity contribution is 0.0864. The van der Waals surface area contributed by atoms with Crippen LogP contribution in [0.3, 0.4) is 0 Å². The Hall–Kier alpha value is -1.56. The summed E-state index contributed by atoms with van der Waals surface area (Å²) in [7, 11) is 0. The molecule has 0 spiro atoms. The van der Waals surface area contributed by atoms with Crippen molar-refractivity contribution >= 4 is 11.7 Å². The molecule has 1 unspecified atom stereocenters. The Balaban J connectivity index is 2.38. The van der Waals surface area contributed by atoms with Gasteiger partial charge in [0.2, 0.25) is 0 Å². The number of nitrogens with one attached hydrogen (secondary N) is 2. The van der Waals surface area contributed by atoms with Crippen LogP contribution in [0.15, 0.2) is 6.07 Å². The predicted molar refractivity (Wildman–Crippen MR) is 65.4 cm³/mol. The molecule has 1 aromatic heterocycles. The lowest BCUT2D eigenvalue weighted by Crippen LogP contribution is -2.34. The zero-order valence-electron chi connectivity index (χ0n) is 10.4. The van der Waals surface area contributed by atoms with Gasteiger partial charge in [-0.15, -0.1) is 0 Å². The molecule has 6 nitrogen and oxygen atoms in total. The van der Waals surface area contributed by atoms with Crippen LogP contribution in [0.2, 0.25) is 0 Å². The van der Waals surface area contributed by atoms with Crippen LogP contribution in [-0.4, -0.2) is 33.9 Å². The third kappa shape index (κ3) is 4.86.